The van der Waals surface area contributed by atoms with Crippen LogP contribution in [0.5, 0.6) is 11.5 Å². The summed E-state index contributed by atoms with van der Waals surface area (Å²) in [4.78, 5) is 8.17. The third-order valence-corrected chi connectivity index (χ3v) is 5.00. The average Bonchev–Trinajstić information content (AvgIpc) is 3.20. The van der Waals surface area contributed by atoms with Crippen LogP contribution in [0, 0.1) is 11.2 Å². The number of nitrogens with one attached hydrogen (secondary N) is 2. The van der Waals surface area contributed by atoms with Gasteiger partial charge in [0.15, 0.2) is 17.5 Å². The van der Waals surface area contributed by atoms with Crippen molar-refractivity contribution in [2.24, 2.45) is 10.4 Å². The van der Waals surface area contributed by atoms with Gasteiger partial charge in [-0.05, 0) is 42.7 Å². The molecule has 0 spiro atoms. The first-order valence-electron chi connectivity index (χ1n) is 9.63. The van der Waals surface area contributed by atoms with E-state index in [-0.39, 0.29) is 41.7 Å². The topological polar surface area (TPSA) is 88.0 Å². The van der Waals surface area contributed by atoms with Crippen LogP contribution in [-0.4, -0.2) is 49.5 Å². The van der Waals surface area contributed by atoms with Crippen LogP contribution in [0.15, 0.2) is 47.7 Å². The minimum absolute atomic E-state index is 0. The second-order valence-corrected chi connectivity index (χ2v) is 7.11. The highest BCUT2D eigenvalue weighted by Crippen LogP contribution is 2.31. The fraction of sp³-hybridized carbons (Fsp3) is 0.429. The molecule has 3 N–H and O–H groups in total. The van der Waals surface area contributed by atoms with E-state index in [1.807, 2.05) is 0 Å². The Morgan fingerprint density at radius 2 is 2.23 bits per heavy atom. The van der Waals surface area contributed by atoms with Crippen molar-refractivity contribution in [2.75, 3.05) is 33.4 Å². The first kappa shape index (κ1) is 24.3. The van der Waals surface area contributed by atoms with Crippen LogP contribution in [0.2, 0.25) is 0 Å². The Morgan fingerprint density at radius 3 is 2.87 bits per heavy atom. The molecule has 0 amide bonds. The van der Waals surface area contributed by atoms with Gasteiger partial charge >= 0.3 is 0 Å². The van der Waals surface area contributed by atoms with Crippen molar-refractivity contribution in [1.82, 2.24) is 15.6 Å². The number of hydrogen-bond donors (Lipinski definition) is 3. The molecule has 164 valence electrons. The molecule has 1 atom stereocenters. The monoisotopic (exact) mass is 530 g/mol. The number of aliphatic imine (C=N–C) groups is 1. The van der Waals surface area contributed by atoms with Gasteiger partial charge in [-0.1, -0.05) is 6.07 Å². The van der Waals surface area contributed by atoms with Gasteiger partial charge in [0.2, 0.25) is 0 Å². The molecule has 1 fully saturated rings. The van der Waals surface area contributed by atoms with Gasteiger partial charge < -0.3 is 25.2 Å². The van der Waals surface area contributed by atoms with Gasteiger partial charge in [0.1, 0.15) is 5.75 Å². The van der Waals surface area contributed by atoms with Crippen molar-refractivity contribution in [3.05, 3.63) is 54.1 Å². The maximum atomic E-state index is 14.4. The predicted molar refractivity (Wildman–Crippen MR) is 124 cm³/mol. The summed E-state index contributed by atoms with van der Waals surface area (Å²) >= 11 is 0. The molecule has 1 aliphatic rings. The van der Waals surface area contributed by atoms with E-state index >= 15 is 0 Å². The summed E-state index contributed by atoms with van der Waals surface area (Å²) in [5, 5.41) is 15.8. The smallest absolute Gasteiger partial charge is 0.191 e. The second kappa shape index (κ2) is 12.0. The van der Waals surface area contributed by atoms with E-state index in [4.69, 9.17) is 9.47 Å². The van der Waals surface area contributed by atoms with Gasteiger partial charge in [-0.3, -0.25) is 9.98 Å². The molecule has 3 rings (SSSR count). The van der Waals surface area contributed by atoms with E-state index in [9.17, 15) is 9.50 Å². The Morgan fingerprint density at radius 1 is 1.37 bits per heavy atom. The zero-order chi connectivity index (χ0) is 20.5. The molecular formula is C21H28FIN4O3. The maximum Gasteiger partial charge on any atom is 0.191 e. The summed E-state index contributed by atoms with van der Waals surface area (Å²) in [5.41, 5.74) is 0.683. The van der Waals surface area contributed by atoms with Crippen LogP contribution in [0.1, 0.15) is 18.4 Å². The van der Waals surface area contributed by atoms with E-state index in [1.54, 1.807) is 37.5 Å². The van der Waals surface area contributed by atoms with Crippen LogP contribution in [0.4, 0.5) is 4.39 Å². The lowest BCUT2D eigenvalue weighted by Gasteiger charge is -2.27. The van der Waals surface area contributed by atoms with Gasteiger partial charge in [0.05, 0.1) is 12.8 Å². The van der Waals surface area contributed by atoms with Crippen molar-refractivity contribution >= 4 is 29.9 Å². The average molecular weight is 530 g/mol. The molecule has 1 aromatic heterocycles. The van der Waals surface area contributed by atoms with E-state index in [0.717, 1.165) is 12.0 Å². The number of nitrogens with zero attached hydrogens (tertiary/aromatic N) is 2. The number of aromatic nitrogens is 1. The summed E-state index contributed by atoms with van der Waals surface area (Å²) in [6.07, 6.45) is 4.75. The Labute approximate surface area is 193 Å². The number of guanidine groups is 1. The van der Waals surface area contributed by atoms with Crippen molar-refractivity contribution in [3.63, 3.8) is 0 Å². The number of pyridine rings is 1. The minimum Gasteiger partial charge on any atom is -0.453 e. The molecule has 0 saturated carbocycles. The van der Waals surface area contributed by atoms with Gasteiger partial charge in [0.25, 0.3) is 0 Å². The van der Waals surface area contributed by atoms with Gasteiger partial charge in [-0.25, -0.2) is 4.39 Å². The molecule has 1 unspecified atom stereocenters. The number of rotatable bonds is 8. The number of aliphatic hydroxyl groups excluding tert-OH is 1. The number of aliphatic hydroxyl groups is 1. The van der Waals surface area contributed by atoms with Gasteiger partial charge in [-0.15, -0.1) is 24.0 Å². The Bertz CT molecular complexity index is 817. The van der Waals surface area contributed by atoms with E-state index in [1.165, 1.54) is 12.3 Å². The zero-order valence-electron chi connectivity index (χ0n) is 16.9. The number of hydrogen-bond acceptors (Lipinski definition) is 5. The van der Waals surface area contributed by atoms with Crippen LogP contribution in [-0.2, 0) is 11.3 Å². The second-order valence-electron chi connectivity index (χ2n) is 7.11. The lowest BCUT2D eigenvalue weighted by Crippen LogP contribution is -2.44. The Hall–Kier alpha value is -1.98. The summed E-state index contributed by atoms with van der Waals surface area (Å²) in [6, 6.07) is 8.28. The highest BCUT2D eigenvalue weighted by atomic mass is 127. The predicted octanol–water partition coefficient (Wildman–Crippen LogP) is 3.09. The van der Waals surface area contributed by atoms with Crippen molar-refractivity contribution in [2.45, 2.75) is 19.4 Å². The molecule has 7 nitrogen and oxygen atoms in total. The molecule has 1 saturated heterocycles. The molecule has 30 heavy (non-hydrogen) atoms. The summed E-state index contributed by atoms with van der Waals surface area (Å²) in [6.45, 7) is 2.53. The lowest BCUT2D eigenvalue weighted by atomic mass is 9.84. The van der Waals surface area contributed by atoms with Crippen LogP contribution in [0.3, 0.4) is 0 Å². The molecule has 0 aliphatic carbocycles. The number of benzene rings is 1. The van der Waals surface area contributed by atoms with E-state index < -0.39 is 5.82 Å². The van der Waals surface area contributed by atoms with Gasteiger partial charge in [-0.2, -0.15) is 0 Å². The standard InChI is InChI=1S/C21H27FN4O3.HI/c1-23-20(26-14-21(6-9-27)7-10-28-15-21)25-12-16-4-5-19(18(22)11-16)29-17-3-2-8-24-13-17;/h2-5,8,11,13,27H,6-7,9-10,12,14-15H2,1H3,(H2,23,25,26);1H. The largest absolute Gasteiger partial charge is 0.453 e. The van der Waals surface area contributed by atoms with Crippen LogP contribution >= 0.6 is 24.0 Å². The summed E-state index contributed by atoms with van der Waals surface area (Å²) in [5.74, 6) is 0.803. The third-order valence-electron chi connectivity index (χ3n) is 5.00. The van der Waals surface area contributed by atoms with E-state index in [0.29, 0.717) is 44.4 Å². The van der Waals surface area contributed by atoms with Crippen molar-refractivity contribution in [3.8, 4) is 11.5 Å². The molecule has 1 aromatic carbocycles. The highest BCUT2D eigenvalue weighted by Gasteiger charge is 2.34. The minimum atomic E-state index is -0.443. The summed E-state index contributed by atoms with van der Waals surface area (Å²) in [7, 11) is 1.69. The molecule has 1 aliphatic heterocycles. The van der Waals surface area contributed by atoms with Crippen LogP contribution in [0.25, 0.3) is 0 Å². The fourth-order valence-corrected chi connectivity index (χ4v) is 3.26. The molecule has 0 bridgehead atoms. The Kier molecular flexibility index (Phi) is 9.73. The third kappa shape index (κ3) is 6.78. The molecule has 2 aromatic rings. The number of ether oxygens (including phenoxy) is 2. The van der Waals surface area contributed by atoms with Crippen LogP contribution < -0.4 is 15.4 Å². The van der Waals surface area contributed by atoms with E-state index in [2.05, 4.69) is 20.6 Å². The maximum absolute atomic E-state index is 14.4. The zero-order valence-corrected chi connectivity index (χ0v) is 19.3. The summed E-state index contributed by atoms with van der Waals surface area (Å²) < 4.78 is 25.4. The molecule has 2 heterocycles. The quantitative estimate of drug-likeness (QED) is 0.276. The lowest BCUT2D eigenvalue weighted by molar-refractivity contribution is 0.127. The fourth-order valence-electron chi connectivity index (χ4n) is 3.26. The highest BCUT2D eigenvalue weighted by molar-refractivity contribution is 14.0. The first-order valence-corrected chi connectivity index (χ1v) is 9.63. The Balaban J connectivity index is 0.00000320. The number of halogens is 2. The molecule has 0 radical (unpaired) electrons. The molecular weight excluding hydrogens is 502 g/mol. The van der Waals surface area contributed by atoms with Crippen molar-refractivity contribution < 1.29 is 19.0 Å². The van der Waals surface area contributed by atoms with Gasteiger partial charge in [0, 0.05) is 45.0 Å². The SMILES string of the molecule is CN=C(NCc1ccc(Oc2cccnc2)c(F)c1)NCC1(CCO)CCOC1.I. The van der Waals surface area contributed by atoms with Crippen molar-refractivity contribution in [1.29, 1.82) is 0 Å². The molecule has 9 heteroatoms. The first-order chi connectivity index (χ1) is 14.1. The normalized spacial score (nSPS) is 18.6.